The van der Waals surface area contributed by atoms with Crippen molar-refractivity contribution in [2.45, 2.75) is 21.7 Å². The fourth-order valence-electron chi connectivity index (χ4n) is 1.87. The highest BCUT2D eigenvalue weighted by Gasteiger charge is 2.21. The molecule has 86 valence electrons. The fourth-order valence-corrected chi connectivity index (χ4v) is 4.16. The van der Waals surface area contributed by atoms with Crippen LogP contribution in [0.15, 0.2) is 52.8 Å². The Labute approximate surface area is 109 Å². The molecule has 1 atom stereocenters. The molecule has 2 heterocycles. The molecule has 0 saturated carbocycles. The lowest BCUT2D eigenvalue weighted by Crippen LogP contribution is -2.04. The normalized spacial score (nSPS) is 18.0. The van der Waals surface area contributed by atoms with E-state index in [0.29, 0.717) is 5.25 Å². The third-order valence-corrected chi connectivity index (χ3v) is 5.22. The van der Waals surface area contributed by atoms with Gasteiger partial charge in [-0.15, -0.1) is 11.8 Å². The summed E-state index contributed by atoms with van der Waals surface area (Å²) in [4.78, 5) is 9.90. The van der Waals surface area contributed by atoms with E-state index in [1.807, 2.05) is 17.8 Å². The average molecular weight is 260 g/mol. The smallest absolute Gasteiger partial charge is 0.187 e. The second kappa shape index (κ2) is 5.10. The van der Waals surface area contributed by atoms with Gasteiger partial charge < -0.3 is 0 Å². The predicted octanol–water partition coefficient (Wildman–Crippen LogP) is 3.29. The lowest BCUT2D eigenvalue weighted by Gasteiger charge is -2.06. The molecular formula is C13H12N2S2. The maximum Gasteiger partial charge on any atom is 0.187 e. The molecule has 0 amide bonds. The number of fused-ring (bicyclic) bond motifs is 1. The van der Waals surface area contributed by atoms with Crippen molar-refractivity contribution in [1.82, 2.24) is 9.97 Å². The molecule has 2 nitrogen and oxygen atoms in total. The van der Waals surface area contributed by atoms with Crippen LogP contribution in [0.5, 0.6) is 0 Å². The van der Waals surface area contributed by atoms with Gasteiger partial charge in [0.2, 0.25) is 0 Å². The minimum Gasteiger partial charge on any atom is -0.231 e. The third kappa shape index (κ3) is 2.64. The van der Waals surface area contributed by atoms with Crippen LogP contribution in [0.1, 0.15) is 5.56 Å². The van der Waals surface area contributed by atoms with E-state index in [-0.39, 0.29) is 0 Å². The lowest BCUT2D eigenvalue weighted by molar-refractivity contribution is 0.942. The molecule has 0 radical (unpaired) electrons. The Morgan fingerprint density at radius 3 is 2.82 bits per heavy atom. The maximum atomic E-state index is 4.23. The maximum absolute atomic E-state index is 4.23. The molecule has 1 aromatic carbocycles. The van der Waals surface area contributed by atoms with Crippen LogP contribution in [0.4, 0.5) is 0 Å². The molecule has 4 heteroatoms. The molecule has 0 saturated heterocycles. The number of hydrogen-bond acceptors (Lipinski definition) is 4. The van der Waals surface area contributed by atoms with E-state index in [9.17, 15) is 0 Å². The van der Waals surface area contributed by atoms with Crippen molar-refractivity contribution in [2.24, 2.45) is 0 Å². The first kappa shape index (κ1) is 11.1. The van der Waals surface area contributed by atoms with E-state index >= 15 is 0 Å². The summed E-state index contributed by atoms with van der Waals surface area (Å²) in [5.74, 6) is 1.07. The van der Waals surface area contributed by atoms with E-state index < -0.39 is 0 Å². The van der Waals surface area contributed by atoms with Crippen LogP contribution in [0.2, 0.25) is 0 Å². The van der Waals surface area contributed by atoms with Crippen LogP contribution in [-0.4, -0.2) is 21.0 Å². The summed E-state index contributed by atoms with van der Waals surface area (Å²) < 4.78 is 0. The monoisotopic (exact) mass is 260 g/mol. The number of hydrogen-bond donors (Lipinski definition) is 0. The summed E-state index contributed by atoms with van der Waals surface area (Å²) in [6.45, 7) is 0. The van der Waals surface area contributed by atoms with Crippen molar-refractivity contribution in [3.8, 4) is 0 Å². The highest BCUT2D eigenvalue weighted by atomic mass is 32.2. The van der Waals surface area contributed by atoms with E-state index in [1.54, 1.807) is 24.2 Å². The number of rotatable bonds is 3. The standard InChI is InChI=1S/C13H12N2S2/c1-2-5-12-10(4-1)8-11(17-12)9-16-13-14-6-3-7-15-13/h1-7,11H,8-9H2. The van der Waals surface area contributed by atoms with E-state index in [0.717, 1.165) is 10.9 Å². The van der Waals surface area contributed by atoms with Crippen molar-refractivity contribution in [1.29, 1.82) is 0 Å². The summed E-state index contributed by atoms with van der Waals surface area (Å²) in [6.07, 6.45) is 4.76. The van der Waals surface area contributed by atoms with Gasteiger partial charge in [0.1, 0.15) is 0 Å². The summed E-state index contributed by atoms with van der Waals surface area (Å²) in [5.41, 5.74) is 1.48. The Bertz CT molecular complexity index is 477. The fraction of sp³-hybridized carbons (Fsp3) is 0.231. The zero-order valence-corrected chi connectivity index (χ0v) is 10.9. The van der Waals surface area contributed by atoms with Crippen LogP contribution in [0.3, 0.4) is 0 Å². The number of thioether (sulfide) groups is 2. The van der Waals surface area contributed by atoms with Crippen LogP contribution < -0.4 is 0 Å². The number of nitrogens with zero attached hydrogens (tertiary/aromatic N) is 2. The number of benzene rings is 1. The van der Waals surface area contributed by atoms with Crippen LogP contribution in [-0.2, 0) is 6.42 Å². The van der Waals surface area contributed by atoms with Crippen molar-refractivity contribution < 1.29 is 0 Å². The van der Waals surface area contributed by atoms with E-state index in [2.05, 4.69) is 34.2 Å². The van der Waals surface area contributed by atoms with Gasteiger partial charge in [0.25, 0.3) is 0 Å². The van der Waals surface area contributed by atoms with Crippen molar-refractivity contribution in [3.05, 3.63) is 48.3 Å². The van der Waals surface area contributed by atoms with Crippen molar-refractivity contribution >= 4 is 23.5 Å². The Kier molecular flexibility index (Phi) is 3.34. The topological polar surface area (TPSA) is 25.8 Å². The van der Waals surface area contributed by atoms with E-state index in [1.165, 1.54) is 16.9 Å². The molecule has 1 aliphatic rings. The van der Waals surface area contributed by atoms with Crippen molar-refractivity contribution in [2.75, 3.05) is 5.75 Å². The minimum absolute atomic E-state index is 0.654. The van der Waals surface area contributed by atoms with Gasteiger partial charge in [0.15, 0.2) is 5.16 Å². The minimum atomic E-state index is 0.654. The third-order valence-electron chi connectivity index (χ3n) is 2.65. The Balaban J connectivity index is 1.59. The van der Waals surface area contributed by atoms with E-state index in [4.69, 9.17) is 0 Å². The molecule has 0 spiro atoms. The molecular weight excluding hydrogens is 248 g/mol. The van der Waals surface area contributed by atoms with Gasteiger partial charge in [-0.25, -0.2) is 9.97 Å². The molecule has 1 aromatic heterocycles. The molecule has 17 heavy (non-hydrogen) atoms. The molecule has 1 aliphatic heterocycles. The largest absolute Gasteiger partial charge is 0.231 e. The molecule has 0 bridgehead atoms. The van der Waals surface area contributed by atoms with Gasteiger partial charge in [-0.1, -0.05) is 30.0 Å². The second-order valence-corrected chi connectivity index (χ2v) is 6.22. The van der Waals surface area contributed by atoms with Gasteiger partial charge in [-0.2, -0.15) is 0 Å². The molecule has 0 N–H and O–H groups in total. The first-order valence-electron chi connectivity index (χ1n) is 5.56. The first-order valence-corrected chi connectivity index (χ1v) is 7.43. The quantitative estimate of drug-likeness (QED) is 0.625. The first-order chi connectivity index (χ1) is 8.42. The van der Waals surface area contributed by atoms with Gasteiger partial charge >= 0.3 is 0 Å². The molecule has 3 rings (SSSR count). The van der Waals surface area contributed by atoms with Gasteiger partial charge in [0.05, 0.1) is 0 Å². The summed E-state index contributed by atoms with van der Waals surface area (Å²) in [6, 6.07) is 10.5. The SMILES string of the molecule is c1cnc(SCC2Cc3ccccc3S2)nc1. The Morgan fingerprint density at radius 1 is 1.18 bits per heavy atom. The van der Waals surface area contributed by atoms with Crippen molar-refractivity contribution in [3.63, 3.8) is 0 Å². The molecule has 0 aliphatic carbocycles. The van der Waals surface area contributed by atoms with Crippen LogP contribution >= 0.6 is 23.5 Å². The summed E-state index contributed by atoms with van der Waals surface area (Å²) >= 11 is 3.72. The van der Waals surface area contributed by atoms with Crippen LogP contribution in [0, 0.1) is 0 Å². The molecule has 0 fully saturated rings. The highest BCUT2D eigenvalue weighted by molar-refractivity contribution is 8.03. The molecule has 2 aromatic rings. The lowest BCUT2D eigenvalue weighted by atomic mass is 10.1. The van der Waals surface area contributed by atoms with Gasteiger partial charge in [-0.3, -0.25) is 0 Å². The Hall–Kier alpha value is -1.00. The summed E-state index contributed by atoms with van der Waals surface area (Å²) in [5, 5.41) is 1.53. The summed E-state index contributed by atoms with van der Waals surface area (Å²) in [7, 11) is 0. The highest BCUT2D eigenvalue weighted by Crippen LogP contribution is 2.38. The number of aromatic nitrogens is 2. The van der Waals surface area contributed by atoms with Gasteiger partial charge in [0, 0.05) is 28.3 Å². The van der Waals surface area contributed by atoms with Crippen LogP contribution in [0.25, 0.3) is 0 Å². The predicted molar refractivity (Wildman–Crippen MR) is 72.5 cm³/mol. The average Bonchev–Trinajstić information content (AvgIpc) is 2.80. The Morgan fingerprint density at radius 2 is 2.00 bits per heavy atom. The zero-order chi connectivity index (χ0) is 11.5. The molecule has 1 unspecified atom stereocenters. The zero-order valence-electron chi connectivity index (χ0n) is 9.24. The second-order valence-electron chi connectivity index (χ2n) is 3.89. The van der Waals surface area contributed by atoms with Gasteiger partial charge in [-0.05, 0) is 24.1 Å².